The van der Waals surface area contributed by atoms with Crippen LogP contribution >= 0.6 is 0 Å². The van der Waals surface area contributed by atoms with Crippen LogP contribution in [-0.2, 0) is 28.4 Å². The highest BCUT2D eigenvalue weighted by atomic mass is 19.4. The standard InChI is InChI=1S/C29H29F9N2O4/c1-15(2)44-26(42)40-22-8-5-18(27(30,31)32)12-17(22)4-7-24(40)21-6-9-23(21)39(25(41)43-3)14-16-10-19(28(33,34)35)13-20(11-16)29(36,37)38/h4-5,8,10-11,13,15,21,23-24H,6-7,9,12,14H2,1-3H3. The molecule has 3 atom stereocenters. The van der Waals surface area contributed by atoms with E-state index in [0.717, 1.165) is 18.1 Å². The summed E-state index contributed by atoms with van der Waals surface area (Å²) in [6.07, 6.45) is -13.3. The number of hydrogen-bond donors (Lipinski definition) is 0. The number of carbonyl (C=O) groups excluding carboxylic acids is 2. The van der Waals surface area contributed by atoms with Gasteiger partial charge in [0.25, 0.3) is 0 Å². The monoisotopic (exact) mass is 640 g/mol. The molecule has 1 aliphatic heterocycles. The van der Waals surface area contributed by atoms with Crippen molar-refractivity contribution in [2.45, 2.75) is 82.8 Å². The number of amides is 2. The van der Waals surface area contributed by atoms with Crippen LogP contribution in [0.1, 0.15) is 56.2 Å². The maximum Gasteiger partial charge on any atom is 0.416 e. The molecule has 0 aromatic heterocycles. The van der Waals surface area contributed by atoms with Gasteiger partial charge in [-0.25, -0.2) is 9.59 Å². The molecule has 0 N–H and O–H groups in total. The lowest BCUT2D eigenvalue weighted by Crippen LogP contribution is -2.58. The van der Waals surface area contributed by atoms with Gasteiger partial charge in [-0.15, -0.1) is 0 Å². The third kappa shape index (κ3) is 7.01. The van der Waals surface area contributed by atoms with E-state index in [1.807, 2.05) is 0 Å². The number of allylic oxidation sites excluding steroid dienone is 4. The number of nitrogens with zero attached hydrogens (tertiary/aromatic N) is 2. The molecule has 3 aliphatic rings. The van der Waals surface area contributed by atoms with Crippen molar-refractivity contribution >= 4 is 12.2 Å². The summed E-state index contributed by atoms with van der Waals surface area (Å²) < 4.78 is 131. The van der Waals surface area contributed by atoms with Crippen LogP contribution in [0, 0.1) is 5.92 Å². The SMILES string of the molecule is COC(=O)N(Cc1cc(C(F)(F)F)cc(C(F)(F)F)c1)C1CCC1C1CC=C2CC(C(F)(F)F)=CC=C2N1C(=O)OC(C)C. The number of alkyl halides is 9. The summed E-state index contributed by atoms with van der Waals surface area (Å²) in [5.74, 6) is -0.562. The second kappa shape index (κ2) is 12.0. The van der Waals surface area contributed by atoms with E-state index in [1.165, 1.54) is 11.0 Å². The average molecular weight is 641 g/mol. The van der Waals surface area contributed by atoms with Crippen LogP contribution in [-0.4, -0.2) is 53.5 Å². The minimum atomic E-state index is -5.09. The third-order valence-electron chi connectivity index (χ3n) is 7.84. The van der Waals surface area contributed by atoms with Crippen molar-refractivity contribution in [2.75, 3.05) is 7.11 Å². The first-order valence-corrected chi connectivity index (χ1v) is 13.6. The van der Waals surface area contributed by atoms with Gasteiger partial charge in [-0.2, -0.15) is 39.5 Å². The fourth-order valence-corrected chi connectivity index (χ4v) is 5.74. The normalized spacial score (nSPS) is 22.3. The molecular weight excluding hydrogens is 611 g/mol. The lowest BCUT2D eigenvalue weighted by molar-refractivity contribution is -0.143. The van der Waals surface area contributed by atoms with E-state index < -0.39 is 90.0 Å². The quantitative estimate of drug-likeness (QED) is 0.304. The van der Waals surface area contributed by atoms with E-state index in [1.54, 1.807) is 19.9 Å². The van der Waals surface area contributed by atoms with Crippen LogP contribution in [0.15, 0.2) is 53.3 Å². The van der Waals surface area contributed by atoms with Crippen molar-refractivity contribution in [3.63, 3.8) is 0 Å². The Morgan fingerprint density at radius 2 is 1.55 bits per heavy atom. The first kappa shape index (κ1) is 33.2. The second-order valence-corrected chi connectivity index (χ2v) is 11.1. The molecule has 15 heteroatoms. The molecule has 1 fully saturated rings. The Hall–Kier alpha value is -3.65. The third-order valence-corrected chi connectivity index (χ3v) is 7.84. The first-order chi connectivity index (χ1) is 20.3. The lowest BCUT2D eigenvalue weighted by Gasteiger charge is -2.51. The molecule has 1 aromatic carbocycles. The molecule has 2 aliphatic carbocycles. The van der Waals surface area contributed by atoms with Crippen molar-refractivity contribution in [1.82, 2.24) is 9.80 Å². The molecule has 0 spiro atoms. The molecule has 4 rings (SSSR count). The van der Waals surface area contributed by atoms with Crippen molar-refractivity contribution in [1.29, 1.82) is 0 Å². The summed E-state index contributed by atoms with van der Waals surface area (Å²) in [5, 5.41) is 0. The zero-order chi connectivity index (χ0) is 32.8. The van der Waals surface area contributed by atoms with Crippen molar-refractivity contribution < 1.29 is 58.6 Å². The molecule has 3 unspecified atom stereocenters. The van der Waals surface area contributed by atoms with E-state index in [-0.39, 0.29) is 30.2 Å². The maximum absolute atomic E-state index is 13.5. The fourth-order valence-electron chi connectivity index (χ4n) is 5.74. The Kier molecular flexibility index (Phi) is 9.09. The van der Waals surface area contributed by atoms with Gasteiger partial charge in [0, 0.05) is 36.5 Å². The van der Waals surface area contributed by atoms with Gasteiger partial charge in [-0.1, -0.05) is 12.2 Å². The summed E-state index contributed by atoms with van der Waals surface area (Å²) in [6, 6.07) is -0.490. The number of carbonyl (C=O) groups is 2. The van der Waals surface area contributed by atoms with Gasteiger partial charge in [0.2, 0.25) is 0 Å². The molecule has 1 saturated carbocycles. The lowest BCUT2D eigenvalue weighted by atomic mass is 9.70. The fraction of sp³-hybridized carbons (Fsp3) is 0.517. The molecule has 242 valence electrons. The second-order valence-electron chi connectivity index (χ2n) is 11.1. The summed E-state index contributed by atoms with van der Waals surface area (Å²) >= 11 is 0. The Bertz CT molecular complexity index is 1340. The average Bonchev–Trinajstić information content (AvgIpc) is 2.89. The highest BCUT2D eigenvalue weighted by Crippen LogP contribution is 2.46. The van der Waals surface area contributed by atoms with Crippen LogP contribution in [0.25, 0.3) is 0 Å². The van der Waals surface area contributed by atoms with Gasteiger partial charge in [0.15, 0.2) is 0 Å². The van der Waals surface area contributed by atoms with E-state index >= 15 is 0 Å². The van der Waals surface area contributed by atoms with E-state index in [9.17, 15) is 49.1 Å². The molecule has 0 saturated heterocycles. The number of methoxy groups -OCH3 is 1. The Morgan fingerprint density at radius 1 is 0.932 bits per heavy atom. The molecule has 44 heavy (non-hydrogen) atoms. The van der Waals surface area contributed by atoms with Crippen molar-refractivity contribution in [2.24, 2.45) is 5.92 Å². The minimum absolute atomic E-state index is 0.0150. The van der Waals surface area contributed by atoms with E-state index in [4.69, 9.17) is 9.47 Å². The van der Waals surface area contributed by atoms with Crippen molar-refractivity contribution in [3.8, 4) is 0 Å². The number of fused-ring (bicyclic) bond motifs is 1. The van der Waals surface area contributed by atoms with Gasteiger partial charge in [0.05, 0.1) is 30.0 Å². The molecule has 6 nitrogen and oxygen atoms in total. The number of ether oxygens (including phenoxy) is 2. The van der Waals surface area contributed by atoms with Gasteiger partial charge >= 0.3 is 30.7 Å². The largest absolute Gasteiger partial charge is 0.453 e. The van der Waals surface area contributed by atoms with Gasteiger partial charge < -0.3 is 14.4 Å². The summed E-state index contributed by atoms with van der Waals surface area (Å²) in [6.45, 7) is 2.51. The number of hydrogen-bond acceptors (Lipinski definition) is 4. The van der Waals surface area contributed by atoms with Crippen LogP contribution < -0.4 is 0 Å². The predicted molar refractivity (Wildman–Crippen MR) is 138 cm³/mol. The van der Waals surface area contributed by atoms with E-state index in [2.05, 4.69) is 0 Å². The Labute approximate surface area is 246 Å². The zero-order valence-electron chi connectivity index (χ0n) is 23.7. The van der Waals surface area contributed by atoms with E-state index in [0.29, 0.717) is 18.6 Å². The molecular formula is C29H29F9N2O4. The van der Waals surface area contributed by atoms with Crippen LogP contribution in [0.2, 0.25) is 0 Å². The molecule has 2 amide bonds. The Morgan fingerprint density at radius 3 is 2.02 bits per heavy atom. The maximum atomic E-state index is 13.5. The first-order valence-electron chi connectivity index (χ1n) is 13.6. The van der Waals surface area contributed by atoms with Gasteiger partial charge in [-0.05, 0) is 68.5 Å². The zero-order valence-corrected chi connectivity index (χ0v) is 23.7. The molecule has 0 radical (unpaired) electrons. The van der Waals surface area contributed by atoms with Gasteiger partial charge in [-0.3, -0.25) is 4.90 Å². The molecule has 0 bridgehead atoms. The number of benzene rings is 1. The van der Waals surface area contributed by atoms with Crippen molar-refractivity contribution in [3.05, 3.63) is 70.0 Å². The van der Waals surface area contributed by atoms with Crippen LogP contribution in [0.5, 0.6) is 0 Å². The predicted octanol–water partition coefficient (Wildman–Crippen LogP) is 8.39. The van der Waals surface area contributed by atoms with Gasteiger partial charge in [0.1, 0.15) is 0 Å². The Balaban J connectivity index is 1.70. The summed E-state index contributed by atoms with van der Waals surface area (Å²) in [5.41, 5.74) is -3.89. The highest BCUT2D eigenvalue weighted by molar-refractivity contribution is 5.74. The number of halogens is 9. The molecule has 1 heterocycles. The van der Waals surface area contributed by atoms with Crippen LogP contribution in [0.3, 0.4) is 0 Å². The number of rotatable bonds is 5. The minimum Gasteiger partial charge on any atom is -0.453 e. The smallest absolute Gasteiger partial charge is 0.416 e. The topological polar surface area (TPSA) is 59.1 Å². The van der Waals surface area contributed by atoms with Crippen LogP contribution in [0.4, 0.5) is 49.1 Å². The highest BCUT2D eigenvalue weighted by Gasteiger charge is 2.49. The summed E-state index contributed by atoms with van der Waals surface area (Å²) in [7, 11) is 1.01. The molecule has 1 aromatic rings. The summed E-state index contributed by atoms with van der Waals surface area (Å²) in [4.78, 5) is 28.4.